The fourth-order valence-electron chi connectivity index (χ4n) is 11.7. The maximum atomic E-state index is 14.5. The summed E-state index contributed by atoms with van der Waals surface area (Å²) in [6.45, 7) is 3.77. The standard InChI is InChI=1S/C32H43NO9/c1-6-33-14-30(15-38-2)18(34)12-19(39-3)32-17-13-31(37)27(42-29(36)16-10-8-7-9-11-16)20(17)21(23(35)28(31)41-5)22(26(32)33)24(40-4)25(30)32/h7-11,17-22,24-28,34,37H,6,12-15H2,1-5H3/t17-,18-,19+,20+,21+,22+,24+,25-,26?,27-,28-,30+,31-,32+/m1/s1. The molecular weight excluding hydrogens is 542 g/mol. The van der Waals surface area contributed by atoms with Gasteiger partial charge in [0.25, 0.3) is 0 Å². The lowest BCUT2D eigenvalue weighted by atomic mass is 9.43. The van der Waals surface area contributed by atoms with Crippen molar-refractivity contribution >= 4 is 11.8 Å². The van der Waals surface area contributed by atoms with Crippen LogP contribution in [0.1, 0.15) is 30.1 Å². The van der Waals surface area contributed by atoms with Crippen LogP contribution in [0.5, 0.6) is 0 Å². The Hall–Kier alpha value is -1.92. The maximum Gasteiger partial charge on any atom is 0.338 e. The Morgan fingerprint density at radius 3 is 2.43 bits per heavy atom. The minimum absolute atomic E-state index is 0.0847. The molecule has 0 amide bonds. The lowest BCUT2D eigenvalue weighted by Gasteiger charge is -2.69. The van der Waals surface area contributed by atoms with Crippen LogP contribution in [-0.2, 0) is 28.5 Å². The van der Waals surface area contributed by atoms with Crippen molar-refractivity contribution in [1.82, 2.24) is 4.90 Å². The van der Waals surface area contributed by atoms with Gasteiger partial charge in [-0.25, -0.2) is 4.79 Å². The molecule has 10 heteroatoms. The SMILES string of the molecule is CCN1C[C@]2(COC)[C@H](O)C[C@H](OC)[C@]34C1[C@H]([C@H](OC)[C@H]23)[C@H]1C(=O)[C@@H](OC)[C@@]2(O)C[C@@H]4[C@@H]1[C@H]2OC(=O)c1ccccc1. The molecule has 0 radical (unpaired) electrons. The van der Waals surface area contributed by atoms with Gasteiger partial charge in [-0.15, -0.1) is 0 Å². The second-order valence-corrected chi connectivity index (χ2v) is 13.5. The van der Waals surface area contributed by atoms with E-state index in [9.17, 15) is 19.8 Å². The average molecular weight is 586 g/mol. The summed E-state index contributed by atoms with van der Waals surface area (Å²) in [6, 6.07) is 8.65. The maximum absolute atomic E-state index is 14.5. The van der Waals surface area contributed by atoms with E-state index >= 15 is 0 Å². The van der Waals surface area contributed by atoms with Crippen LogP contribution in [0, 0.1) is 40.4 Å². The van der Waals surface area contributed by atoms with Crippen LogP contribution in [0.4, 0.5) is 0 Å². The fourth-order valence-corrected chi connectivity index (χ4v) is 11.7. The number of likely N-dealkylation sites (tertiary alicyclic amines) is 1. The van der Waals surface area contributed by atoms with Gasteiger partial charge in [0.15, 0.2) is 5.78 Å². The molecule has 1 heterocycles. The number of rotatable bonds is 8. The summed E-state index contributed by atoms with van der Waals surface area (Å²) in [7, 11) is 6.49. The number of carbonyl (C=O) groups excluding carboxylic acids is 2. The third kappa shape index (κ3) is 3.19. The van der Waals surface area contributed by atoms with E-state index in [1.807, 2.05) is 6.07 Å². The lowest BCUT2D eigenvalue weighted by Crippen LogP contribution is -2.77. The molecule has 230 valence electrons. The number of hydrogen-bond donors (Lipinski definition) is 2. The van der Waals surface area contributed by atoms with Crippen molar-refractivity contribution in [3.8, 4) is 0 Å². The molecule has 1 unspecified atom stereocenters. The molecule has 2 N–H and O–H groups in total. The van der Waals surface area contributed by atoms with Crippen molar-refractivity contribution in [2.75, 3.05) is 48.1 Å². The number of ketones is 1. The van der Waals surface area contributed by atoms with Crippen molar-refractivity contribution < 1.29 is 43.5 Å². The van der Waals surface area contributed by atoms with Crippen LogP contribution in [0.2, 0.25) is 0 Å². The first-order valence-electron chi connectivity index (χ1n) is 15.2. The van der Waals surface area contributed by atoms with E-state index in [0.29, 0.717) is 31.7 Å². The predicted octanol–water partition coefficient (Wildman–Crippen LogP) is 1.17. The summed E-state index contributed by atoms with van der Waals surface area (Å²) in [6.07, 6.45) is -2.90. The number of hydrogen-bond acceptors (Lipinski definition) is 10. The molecule has 1 aromatic rings. The summed E-state index contributed by atoms with van der Waals surface area (Å²) in [5.41, 5.74) is -2.56. The molecule has 7 bridgehead atoms. The topological polar surface area (TPSA) is 124 Å². The fraction of sp³-hybridized carbons (Fsp3) is 0.750. The Morgan fingerprint density at radius 1 is 1.07 bits per heavy atom. The lowest BCUT2D eigenvalue weighted by molar-refractivity contribution is -0.280. The van der Waals surface area contributed by atoms with E-state index in [4.69, 9.17) is 23.7 Å². The molecule has 6 aliphatic rings. The summed E-state index contributed by atoms with van der Waals surface area (Å²) in [4.78, 5) is 30.4. The summed E-state index contributed by atoms with van der Waals surface area (Å²) in [5.74, 6) is -2.42. The van der Waals surface area contributed by atoms with Crippen LogP contribution in [0.15, 0.2) is 30.3 Å². The summed E-state index contributed by atoms with van der Waals surface area (Å²) in [5, 5.41) is 24.4. The summed E-state index contributed by atoms with van der Waals surface area (Å²) >= 11 is 0. The van der Waals surface area contributed by atoms with Crippen LogP contribution >= 0.6 is 0 Å². The van der Waals surface area contributed by atoms with Gasteiger partial charge in [-0.05, 0) is 31.0 Å². The largest absolute Gasteiger partial charge is 0.455 e. The number of aliphatic hydroxyl groups is 2. The normalized spacial score (nSPS) is 50.2. The van der Waals surface area contributed by atoms with Gasteiger partial charge in [-0.3, -0.25) is 9.69 Å². The molecule has 5 aliphatic carbocycles. The first-order valence-corrected chi connectivity index (χ1v) is 15.2. The zero-order chi connectivity index (χ0) is 29.8. The molecule has 42 heavy (non-hydrogen) atoms. The third-order valence-corrected chi connectivity index (χ3v) is 12.5. The number of methoxy groups -OCH3 is 4. The van der Waals surface area contributed by atoms with Crippen molar-refractivity contribution in [2.45, 2.75) is 61.9 Å². The number of ether oxygens (including phenoxy) is 5. The van der Waals surface area contributed by atoms with Crippen LogP contribution < -0.4 is 0 Å². The van der Waals surface area contributed by atoms with Gasteiger partial charge in [-0.2, -0.15) is 0 Å². The minimum atomic E-state index is -1.70. The smallest absolute Gasteiger partial charge is 0.338 e. The number of aliphatic hydroxyl groups excluding tert-OH is 1. The summed E-state index contributed by atoms with van der Waals surface area (Å²) < 4.78 is 30.6. The highest BCUT2D eigenvalue weighted by atomic mass is 16.6. The molecule has 14 atom stereocenters. The highest BCUT2D eigenvalue weighted by Gasteiger charge is 2.87. The molecule has 1 spiro atoms. The van der Waals surface area contributed by atoms with E-state index in [0.717, 1.165) is 0 Å². The minimum Gasteiger partial charge on any atom is -0.455 e. The number of Topliss-reactive ketones (excluding diaryl/α,β-unsaturated/α-hetero) is 1. The molecule has 1 aliphatic heterocycles. The number of benzene rings is 1. The quantitative estimate of drug-likeness (QED) is 0.430. The first-order chi connectivity index (χ1) is 20.2. The number of piperidine rings is 1. The average Bonchev–Trinajstić information content (AvgIpc) is 3.33. The van der Waals surface area contributed by atoms with E-state index in [1.165, 1.54) is 7.11 Å². The number of nitrogens with zero attached hydrogens (tertiary/aromatic N) is 1. The third-order valence-electron chi connectivity index (χ3n) is 12.5. The van der Waals surface area contributed by atoms with Crippen molar-refractivity contribution in [3.63, 3.8) is 0 Å². The predicted molar refractivity (Wildman–Crippen MR) is 148 cm³/mol. The van der Waals surface area contributed by atoms with Gasteiger partial charge >= 0.3 is 5.97 Å². The van der Waals surface area contributed by atoms with Crippen LogP contribution in [0.3, 0.4) is 0 Å². The monoisotopic (exact) mass is 585 g/mol. The van der Waals surface area contributed by atoms with E-state index in [-0.39, 0.29) is 48.2 Å². The second kappa shape index (κ2) is 9.79. The highest BCUT2D eigenvalue weighted by Crippen LogP contribution is 2.78. The van der Waals surface area contributed by atoms with Gasteiger partial charge in [0.1, 0.15) is 17.8 Å². The van der Waals surface area contributed by atoms with Gasteiger partial charge in [0.05, 0.1) is 30.5 Å². The van der Waals surface area contributed by atoms with Crippen LogP contribution in [-0.4, -0.2) is 117 Å². The second-order valence-electron chi connectivity index (χ2n) is 13.5. The van der Waals surface area contributed by atoms with Gasteiger partial charge in [0, 0.05) is 81.9 Å². The molecule has 1 saturated heterocycles. The van der Waals surface area contributed by atoms with Crippen LogP contribution in [0.25, 0.3) is 0 Å². The molecule has 10 nitrogen and oxygen atoms in total. The Morgan fingerprint density at radius 2 is 1.81 bits per heavy atom. The molecule has 1 aromatic carbocycles. The number of esters is 1. The molecule has 0 aromatic heterocycles. The Bertz CT molecular complexity index is 1250. The number of fused-ring (bicyclic) bond motifs is 2. The van der Waals surface area contributed by atoms with Crippen molar-refractivity contribution in [3.05, 3.63) is 35.9 Å². The Labute approximate surface area is 246 Å². The zero-order valence-electron chi connectivity index (χ0n) is 25.0. The van der Waals surface area contributed by atoms with Gasteiger partial charge < -0.3 is 33.9 Å². The van der Waals surface area contributed by atoms with E-state index in [2.05, 4.69) is 11.8 Å². The zero-order valence-corrected chi connectivity index (χ0v) is 25.0. The van der Waals surface area contributed by atoms with Crippen molar-refractivity contribution in [2.24, 2.45) is 40.4 Å². The molecule has 7 rings (SSSR count). The van der Waals surface area contributed by atoms with Gasteiger partial charge in [-0.1, -0.05) is 25.1 Å². The van der Waals surface area contributed by atoms with Crippen molar-refractivity contribution in [1.29, 1.82) is 0 Å². The van der Waals surface area contributed by atoms with Gasteiger partial charge in [0.2, 0.25) is 0 Å². The number of carbonyl (C=O) groups is 2. The highest BCUT2D eigenvalue weighted by molar-refractivity contribution is 5.92. The molecule has 6 fully saturated rings. The Balaban J connectivity index is 1.45. The van der Waals surface area contributed by atoms with E-state index in [1.54, 1.807) is 45.6 Å². The van der Waals surface area contributed by atoms with E-state index < -0.39 is 52.5 Å². The Kier molecular flexibility index (Phi) is 6.72. The molecular formula is C32H43NO9. The molecule has 5 saturated carbocycles. The first kappa shape index (κ1) is 28.8.